The molecule has 0 unspecified atom stereocenters. The molecule has 2 amide bonds. The molecule has 1 heterocycles. The van der Waals surface area contributed by atoms with Crippen LogP contribution in [0, 0.1) is 19.7 Å². The molecule has 1 aliphatic rings. The number of nitrogens with zero attached hydrogens (tertiary/aromatic N) is 2. The standard InChI is InChI=1S/C24H28ClFN2O3/c1-17-6-7-18(2)22(15-17)31-14-4-3-5-23(29)27-10-12-28(13-11-27)24(30)20-9-8-19(26)16-21(20)25/h6-9,15-16H,3-5,10-14H2,1-2H3. The van der Waals surface area contributed by atoms with Crippen LogP contribution in [-0.2, 0) is 4.79 Å². The van der Waals surface area contributed by atoms with E-state index in [0.29, 0.717) is 39.2 Å². The smallest absolute Gasteiger partial charge is 0.255 e. The number of carbonyl (C=O) groups is 2. The number of ether oxygens (including phenoxy) is 1. The Hall–Kier alpha value is -2.60. The fourth-order valence-corrected chi connectivity index (χ4v) is 3.82. The first-order valence-corrected chi connectivity index (χ1v) is 10.9. The number of hydrogen-bond donors (Lipinski definition) is 0. The Morgan fingerprint density at radius 3 is 2.42 bits per heavy atom. The van der Waals surface area contributed by atoms with Crippen molar-refractivity contribution in [1.82, 2.24) is 9.80 Å². The molecule has 7 heteroatoms. The highest BCUT2D eigenvalue weighted by molar-refractivity contribution is 6.33. The van der Waals surface area contributed by atoms with Gasteiger partial charge in [0.1, 0.15) is 11.6 Å². The molecule has 0 saturated carbocycles. The van der Waals surface area contributed by atoms with Crippen LogP contribution in [0.3, 0.4) is 0 Å². The number of amides is 2. The van der Waals surface area contributed by atoms with Crippen LogP contribution in [0.2, 0.25) is 5.02 Å². The number of hydrogen-bond acceptors (Lipinski definition) is 3. The summed E-state index contributed by atoms with van der Waals surface area (Å²) in [5.74, 6) is 0.282. The molecular formula is C24H28ClFN2O3. The first-order valence-electron chi connectivity index (χ1n) is 10.6. The molecule has 166 valence electrons. The van der Waals surface area contributed by atoms with E-state index in [1.165, 1.54) is 12.1 Å². The summed E-state index contributed by atoms with van der Waals surface area (Å²) < 4.78 is 19.0. The SMILES string of the molecule is Cc1ccc(C)c(OCCCCC(=O)N2CCN(C(=O)c3ccc(F)cc3Cl)CC2)c1. The molecule has 0 atom stereocenters. The van der Waals surface area contributed by atoms with E-state index in [2.05, 4.69) is 6.07 Å². The van der Waals surface area contributed by atoms with Gasteiger partial charge in [0.2, 0.25) is 5.91 Å². The van der Waals surface area contributed by atoms with Crippen LogP contribution >= 0.6 is 11.6 Å². The van der Waals surface area contributed by atoms with Gasteiger partial charge in [-0.3, -0.25) is 9.59 Å². The molecule has 31 heavy (non-hydrogen) atoms. The molecule has 0 spiro atoms. The molecule has 5 nitrogen and oxygen atoms in total. The maximum atomic E-state index is 13.2. The van der Waals surface area contributed by atoms with Crippen LogP contribution < -0.4 is 4.74 Å². The molecule has 0 N–H and O–H groups in total. The van der Waals surface area contributed by atoms with Gasteiger partial charge in [0, 0.05) is 32.6 Å². The van der Waals surface area contributed by atoms with Gasteiger partial charge in [-0.1, -0.05) is 23.7 Å². The molecular weight excluding hydrogens is 419 g/mol. The third kappa shape index (κ3) is 6.20. The van der Waals surface area contributed by atoms with Crippen molar-refractivity contribution in [2.24, 2.45) is 0 Å². The highest BCUT2D eigenvalue weighted by Crippen LogP contribution is 2.21. The Morgan fingerprint density at radius 2 is 1.71 bits per heavy atom. The van der Waals surface area contributed by atoms with E-state index < -0.39 is 5.82 Å². The highest BCUT2D eigenvalue weighted by atomic mass is 35.5. The third-order valence-electron chi connectivity index (χ3n) is 5.47. The van der Waals surface area contributed by atoms with Crippen molar-refractivity contribution in [2.75, 3.05) is 32.8 Å². The van der Waals surface area contributed by atoms with E-state index in [0.717, 1.165) is 35.8 Å². The van der Waals surface area contributed by atoms with Gasteiger partial charge < -0.3 is 14.5 Å². The van der Waals surface area contributed by atoms with E-state index in [9.17, 15) is 14.0 Å². The molecule has 0 aromatic heterocycles. The van der Waals surface area contributed by atoms with Gasteiger partial charge >= 0.3 is 0 Å². The van der Waals surface area contributed by atoms with E-state index in [-0.39, 0.29) is 22.4 Å². The number of aryl methyl sites for hydroxylation is 2. The molecule has 0 radical (unpaired) electrons. The van der Waals surface area contributed by atoms with Crippen molar-refractivity contribution >= 4 is 23.4 Å². The van der Waals surface area contributed by atoms with E-state index in [1.54, 1.807) is 9.80 Å². The van der Waals surface area contributed by atoms with Crippen molar-refractivity contribution < 1.29 is 18.7 Å². The van der Waals surface area contributed by atoms with Crippen molar-refractivity contribution in [3.63, 3.8) is 0 Å². The van der Waals surface area contributed by atoms with Gasteiger partial charge in [0.05, 0.1) is 17.2 Å². The molecule has 0 aliphatic carbocycles. The van der Waals surface area contributed by atoms with Gasteiger partial charge in [-0.15, -0.1) is 0 Å². The Balaban J connectivity index is 1.38. The first kappa shape index (κ1) is 23.1. The summed E-state index contributed by atoms with van der Waals surface area (Å²) in [6.45, 7) is 6.49. The van der Waals surface area contributed by atoms with Crippen molar-refractivity contribution in [3.8, 4) is 5.75 Å². The quantitative estimate of drug-likeness (QED) is 0.582. The fraction of sp³-hybridized carbons (Fsp3) is 0.417. The second kappa shape index (κ2) is 10.6. The van der Waals surface area contributed by atoms with Crippen LogP contribution in [0.25, 0.3) is 0 Å². The number of rotatable bonds is 7. The summed E-state index contributed by atoms with van der Waals surface area (Å²) in [4.78, 5) is 28.5. The predicted molar refractivity (Wildman–Crippen MR) is 119 cm³/mol. The second-order valence-electron chi connectivity index (χ2n) is 7.87. The Labute approximate surface area is 187 Å². The van der Waals surface area contributed by atoms with Gasteiger partial charge in [-0.25, -0.2) is 4.39 Å². The van der Waals surface area contributed by atoms with Gasteiger partial charge in [0.15, 0.2) is 0 Å². The van der Waals surface area contributed by atoms with E-state index in [4.69, 9.17) is 16.3 Å². The van der Waals surface area contributed by atoms with Crippen LogP contribution in [-0.4, -0.2) is 54.4 Å². The molecule has 0 bridgehead atoms. The summed E-state index contributed by atoms with van der Waals surface area (Å²) in [7, 11) is 0. The lowest BCUT2D eigenvalue weighted by atomic mass is 10.1. The maximum absolute atomic E-state index is 13.2. The van der Waals surface area contributed by atoms with Crippen molar-refractivity contribution in [1.29, 1.82) is 0 Å². The largest absolute Gasteiger partial charge is 0.493 e. The molecule has 3 rings (SSSR count). The minimum Gasteiger partial charge on any atom is -0.493 e. The number of piperazine rings is 1. The zero-order chi connectivity index (χ0) is 22.4. The molecule has 2 aromatic carbocycles. The predicted octanol–water partition coefficient (Wildman–Crippen LogP) is 4.63. The summed E-state index contributed by atoms with van der Waals surface area (Å²) in [5, 5.41) is 0.103. The number of halogens is 2. The topological polar surface area (TPSA) is 49.9 Å². The Bertz CT molecular complexity index is 942. The zero-order valence-electron chi connectivity index (χ0n) is 18.0. The van der Waals surface area contributed by atoms with Gasteiger partial charge in [0.25, 0.3) is 5.91 Å². The lowest BCUT2D eigenvalue weighted by molar-refractivity contribution is -0.132. The van der Waals surface area contributed by atoms with Crippen LogP contribution in [0.5, 0.6) is 5.75 Å². The van der Waals surface area contributed by atoms with Crippen LogP contribution in [0.4, 0.5) is 4.39 Å². The van der Waals surface area contributed by atoms with Crippen molar-refractivity contribution in [2.45, 2.75) is 33.1 Å². The monoisotopic (exact) mass is 446 g/mol. The first-order chi connectivity index (χ1) is 14.8. The maximum Gasteiger partial charge on any atom is 0.255 e. The van der Waals surface area contributed by atoms with Gasteiger partial charge in [-0.05, 0) is 62.1 Å². The summed E-state index contributed by atoms with van der Waals surface area (Å²) >= 11 is 6.00. The normalized spacial score (nSPS) is 13.9. The lowest BCUT2D eigenvalue weighted by Crippen LogP contribution is -2.50. The zero-order valence-corrected chi connectivity index (χ0v) is 18.8. The Morgan fingerprint density at radius 1 is 1.00 bits per heavy atom. The summed E-state index contributed by atoms with van der Waals surface area (Å²) in [5.41, 5.74) is 2.55. The van der Waals surface area contributed by atoms with Gasteiger partial charge in [-0.2, -0.15) is 0 Å². The summed E-state index contributed by atoms with van der Waals surface area (Å²) in [6.07, 6.45) is 2.03. The fourth-order valence-electron chi connectivity index (χ4n) is 3.57. The molecule has 1 saturated heterocycles. The van der Waals surface area contributed by atoms with Crippen LogP contribution in [0.1, 0.15) is 40.7 Å². The van der Waals surface area contributed by atoms with Crippen LogP contribution in [0.15, 0.2) is 36.4 Å². The molecule has 2 aromatic rings. The molecule has 1 fully saturated rings. The second-order valence-corrected chi connectivity index (χ2v) is 8.28. The van der Waals surface area contributed by atoms with E-state index >= 15 is 0 Å². The Kier molecular flexibility index (Phi) is 7.91. The average molecular weight is 447 g/mol. The average Bonchev–Trinajstić information content (AvgIpc) is 2.75. The summed E-state index contributed by atoms with van der Waals surface area (Å²) in [6, 6.07) is 9.89. The number of benzene rings is 2. The van der Waals surface area contributed by atoms with Crippen molar-refractivity contribution in [3.05, 3.63) is 63.9 Å². The number of carbonyl (C=O) groups excluding carboxylic acids is 2. The minimum absolute atomic E-state index is 0.0960. The third-order valence-corrected chi connectivity index (χ3v) is 5.78. The molecule has 1 aliphatic heterocycles. The lowest BCUT2D eigenvalue weighted by Gasteiger charge is -2.35. The number of unbranched alkanes of at least 4 members (excludes halogenated alkanes) is 1. The highest BCUT2D eigenvalue weighted by Gasteiger charge is 2.25. The van der Waals surface area contributed by atoms with E-state index in [1.807, 2.05) is 26.0 Å². The minimum atomic E-state index is -0.476.